The number of anilines is 2. The number of aromatic nitrogens is 3. The molecule has 0 aliphatic carbocycles. The summed E-state index contributed by atoms with van der Waals surface area (Å²) in [7, 11) is 3.10. The number of methoxy groups -OCH3 is 2. The second kappa shape index (κ2) is 20.7. The molecule has 3 aromatic carbocycles. The molecule has 2 unspecified atom stereocenters. The average Bonchev–Trinajstić information content (AvgIpc) is 3.28. The fourth-order valence-corrected chi connectivity index (χ4v) is 9.56. The molecule has 2 aromatic heterocycles. The van der Waals surface area contributed by atoms with Gasteiger partial charge in [0.2, 0.25) is 0 Å². The number of nitrogens with zero attached hydrogens (tertiary/aromatic N) is 6. The Morgan fingerprint density at radius 1 is 0.928 bits per heavy atom. The highest BCUT2D eigenvalue weighted by Gasteiger charge is 2.44. The highest BCUT2D eigenvalue weighted by molar-refractivity contribution is 6.34. The van der Waals surface area contributed by atoms with E-state index in [2.05, 4.69) is 15.3 Å². The van der Waals surface area contributed by atoms with Crippen LogP contribution in [0.15, 0.2) is 60.7 Å². The number of rotatable bonds is 12. The largest absolute Gasteiger partial charge is 0.497 e. The van der Waals surface area contributed by atoms with Crippen LogP contribution in [0.2, 0.25) is 5.02 Å². The van der Waals surface area contributed by atoms with E-state index in [1.807, 2.05) is 29.2 Å². The number of piperazine rings is 1. The van der Waals surface area contributed by atoms with E-state index in [-0.39, 0.29) is 104 Å². The fourth-order valence-electron chi connectivity index (χ4n) is 9.28. The van der Waals surface area contributed by atoms with Crippen molar-refractivity contribution in [1.82, 2.24) is 25.2 Å². The van der Waals surface area contributed by atoms with Crippen LogP contribution in [-0.4, -0.2) is 110 Å². The van der Waals surface area contributed by atoms with Crippen molar-refractivity contribution in [2.75, 3.05) is 70.0 Å². The molecule has 69 heavy (non-hydrogen) atoms. The second-order valence-electron chi connectivity index (χ2n) is 18.8. The van der Waals surface area contributed by atoms with E-state index >= 15 is 17.6 Å². The number of carbonyl (C=O) groups excluding carboxylic acids is 1. The molecule has 3 aliphatic rings. The van der Waals surface area contributed by atoms with Crippen molar-refractivity contribution in [3.05, 3.63) is 93.8 Å². The molecule has 5 aromatic rings. The molecule has 4 atom stereocenters. The standard InChI is InChI=1S/C50H57ClF5N7O6/c1-29-18-40(61(22-30-9-13-36(65-5)14-10-30)23-31-11-15-37(66-6)16-12-31)58-45(42(29)50(54,55)56)41-39(51)20-38-44(43(41)53)59-47(68-26-32-8-7-17-57-21-33(52)19-32)60-46(38)63-34-24-62(25-35(63)28-67-27-34)48(64)69-49(2,3)4/h9-16,18,20,32-35,57H,7-8,17,19,21-28H2,1-6H3/t32-,33-,34?,35?/m1/s1. The number of ether oxygens (including phenoxy) is 5. The number of pyridine rings is 1. The minimum absolute atomic E-state index is 0.00899. The Morgan fingerprint density at radius 3 is 2.13 bits per heavy atom. The van der Waals surface area contributed by atoms with E-state index in [1.165, 1.54) is 19.1 Å². The number of carbonyl (C=O) groups is 1. The lowest BCUT2D eigenvalue weighted by atomic mass is 9.96. The van der Waals surface area contributed by atoms with E-state index in [9.17, 15) is 9.18 Å². The summed E-state index contributed by atoms with van der Waals surface area (Å²) in [5.74, 6) is 0.169. The number of alkyl halides is 4. The first-order valence-electron chi connectivity index (χ1n) is 23.0. The topological polar surface area (TPSA) is 124 Å². The number of morpholine rings is 1. The Kier molecular flexibility index (Phi) is 14.9. The highest BCUT2D eigenvalue weighted by atomic mass is 35.5. The normalized spacial score (nSPS) is 20.0. The molecule has 1 amide bonds. The van der Waals surface area contributed by atoms with Crippen LogP contribution in [0.5, 0.6) is 17.5 Å². The first kappa shape index (κ1) is 49.7. The zero-order chi connectivity index (χ0) is 49.2. The summed E-state index contributed by atoms with van der Waals surface area (Å²) >= 11 is 7.04. The number of hydrogen-bond donors (Lipinski definition) is 1. The number of amides is 1. The molecule has 0 radical (unpaired) electrons. The van der Waals surface area contributed by atoms with Crippen LogP contribution in [-0.2, 0) is 28.7 Å². The van der Waals surface area contributed by atoms with Crippen LogP contribution in [0.4, 0.5) is 38.4 Å². The maximum Gasteiger partial charge on any atom is 0.418 e. The Hall–Kier alpha value is -5.72. The number of hydrogen-bond acceptors (Lipinski definition) is 12. The van der Waals surface area contributed by atoms with Gasteiger partial charge in [0.25, 0.3) is 0 Å². The van der Waals surface area contributed by atoms with Gasteiger partial charge in [-0.15, -0.1) is 0 Å². The smallest absolute Gasteiger partial charge is 0.418 e. The number of nitrogens with one attached hydrogen (secondary N) is 1. The Morgan fingerprint density at radius 2 is 1.55 bits per heavy atom. The lowest BCUT2D eigenvalue weighted by Gasteiger charge is -2.50. The summed E-state index contributed by atoms with van der Waals surface area (Å²) in [6, 6.07) is 15.9. The predicted octanol–water partition coefficient (Wildman–Crippen LogP) is 9.97. The SMILES string of the molecule is COc1ccc(CN(Cc2ccc(OC)cc2)c2cc(C)c(C(F)(F)F)c(-c3c(Cl)cc4c(N5C6COCC5CN(C(=O)OC(C)(C)C)C6)nc(OC[C@@H]5CCCNC[C@H](F)C5)nc4c3F)n2)cc1. The molecule has 1 N–H and O–H groups in total. The molecular weight excluding hydrogens is 925 g/mol. The van der Waals surface area contributed by atoms with Gasteiger partial charge in [-0.25, -0.2) is 18.6 Å². The van der Waals surface area contributed by atoms with Gasteiger partial charge in [0.15, 0.2) is 5.82 Å². The van der Waals surface area contributed by atoms with Gasteiger partial charge in [-0.05, 0) is 113 Å². The molecule has 2 bridgehead atoms. The van der Waals surface area contributed by atoms with Crippen molar-refractivity contribution in [3.63, 3.8) is 0 Å². The zero-order valence-electron chi connectivity index (χ0n) is 39.5. The first-order chi connectivity index (χ1) is 32.9. The third-order valence-corrected chi connectivity index (χ3v) is 12.8. The number of aryl methyl sites for hydroxylation is 1. The summed E-state index contributed by atoms with van der Waals surface area (Å²) in [6.45, 7) is 8.53. The molecule has 370 valence electrons. The number of fused-ring (bicyclic) bond motifs is 3. The highest BCUT2D eigenvalue weighted by Crippen LogP contribution is 2.46. The first-order valence-corrected chi connectivity index (χ1v) is 23.4. The van der Waals surface area contributed by atoms with Crippen molar-refractivity contribution in [3.8, 4) is 28.8 Å². The van der Waals surface area contributed by atoms with E-state index in [1.54, 1.807) is 69.1 Å². The molecule has 19 heteroatoms. The van der Waals surface area contributed by atoms with Crippen molar-refractivity contribution >= 4 is 40.2 Å². The summed E-state index contributed by atoms with van der Waals surface area (Å²) < 4.78 is 108. The molecule has 13 nitrogen and oxygen atoms in total. The van der Waals surface area contributed by atoms with Gasteiger partial charge in [0.1, 0.15) is 40.4 Å². The van der Waals surface area contributed by atoms with Gasteiger partial charge in [-0.1, -0.05) is 35.9 Å². The molecule has 0 saturated carbocycles. The van der Waals surface area contributed by atoms with Crippen LogP contribution in [0.3, 0.4) is 0 Å². The Labute approximate surface area is 403 Å². The van der Waals surface area contributed by atoms with Gasteiger partial charge in [-0.3, -0.25) is 0 Å². The molecular formula is C50H57ClF5N7O6. The lowest BCUT2D eigenvalue weighted by Crippen LogP contribution is -2.66. The van der Waals surface area contributed by atoms with Crippen molar-refractivity contribution in [2.45, 2.75) is 90.1 Å². The van der Waals surface area contributed by atoms with E-state index in [0.717, 1.165) is 17.5 Å². The zero-order valence-corrected chi connectivity index (χ0v) is 40.2. The lowest BCUT2D eigenvalue weighted by molar-refractivity contribution is -0.137. The third kappa shape index (κ3) is 11.5. The predicted molar refractivity (Wildman–Crippen MR) is 253 cm³/mol. The molecule has 3 fully saturated rings. The summed E-state index contributed by atoms with van der Waals surface area (Å²) in [4.78, 5) is 32.7. The van der Waals surface area contributed by atoms with Gasteiger partial charge in [0.05, 0.1) is 68.0 Å². The van der Waals surface area contributed by atoms with Crippen LogP contribution >= 0.6 is 11.6 Å². The molecule has 3 saturated heterocycles. The van der Waals surface area contributed by atoms with Gasteiger partial charge >= 0.3 is 18.3 Å². The van der Waals surface area contributed by atoms with Crippen LogP contribution < -0.4 is 29.3 Å². The molecule has 8 rings (SSSR count). The molecule has 3 aliphatic heterocycles. The Balaban J connectivity index is 1.27. The van der Waals surface area contributed by atoms with Crippen LogP contribution in [0.1, 0.15) is 62.3 Å². The fraction of sp³-hybridized carbons (Fsp3) is 0.480. The summed E-state index contributed by atoms with van der Waals surface area (Å²) in [5.41, 5.74) is -2.23. The van der Waals surface area contributed by atoms with E-state index in [4.69, 9.17) is 40.3 Å². The second-order valence-corrected chi connectivity index (χ2v) is 19.2. The van der Waals surface area contributed by atoms with Gasteiger partial charge < -0.3 is 43.7 Å². The number of benzene rings is 3. The van der Waals surface area contributed by atoms with Crippen molar-refractivity contribution < 1.29 is 50.4 Å². The van der Waals surface area contributed by atoms with Crippen molar-refractivity contribution in [2.24, 2.45) is 5.92 Å². The number of halogens is 6. The minimum atomic E-state index is -5.00. The summed E-state index contributed by atoms with van der Waals surface area (Å²) in [6.07, 6.45) is -4.99. The Bertz CT molecular complexity index is 2560. The third-order valence-electron chi connectivity index (χ3n) is 12.5. The van der Waals surface area contributed by atoms with Crippen LogP contribution in [0.25, 0.3) is 22.2 Å². The minimum Gasteiger partial charge on any atom is -0.497 e. The quantitative estimate of drug-likeness (QED) is 0.120. The average molecular weight is 982 g/mol. The van der Waals surface area contributed by atoms with Crippen LogP contribution in [0, 0.1) is 18.7 Å². The summed E-state index contributed by atoms with van der Waals surface area (Å²) in [5, 5.41) is 2.82. The monoisotopic (exact) mass is 981 g/mol. The van der Waals surface area contributed by atoms with E-state index in [0.29, 0.717) is 24.5 Å². The van der Waals surface area contributed by atoms with Gasteiger partial charge in [-0.2, -0.15) is 23.1 Å². The molecule has 0 spiro atoms. The van der Waals surface area contributed by atoms with E-state index < -0.39 is 58.8 Å². The van der Waals surface area contributed by atoms with Gasteiger partial charge in [0, 0.05) is 38.1 Å². The maximum atomic E-state index is 17.9. The van der Waals surface area contributed by atoms with Crippen molar-refractivity contribution in [1.29, 1.82) is 0 Å². The maximum absolute atomic E-state index is 17.9. The molecule has 5 heterocycles.